The zero-order chi connectivity index (χ0) is 13.5. The Morgan fingerprint density at radius 3 is 2.68 bits per heavy atom. The second kappa shape index (κ2) is 7.49. The Bertz CT molecular complexity index is 356. The minimum atomic E-state index is 0.490. The van der Waals surface area contributed by atoms with Crippen LogP contribution < -0.4 is 10.1 Å². The number of aromatic nitrogens is 1. The van der Waals surface area contributed by atoms with Gasteiger partial charge in [0.05, 0.1) is 18.5 Å². The maximum Gasteiger partial charge on any atom is 0.137 e. The Balaban J connectivity index is 1.74. The van der Waals surface area contributed by atoms with E-state index >= 15 is 0 Å². The molecular weight excluding hydrogens is 236 g/mol. The molecule has 2 rings (SSSR count). The molecule has 0 aromatic carbocycles. The van der Waals surface area contributed by atoms with E-state index in [9.17, 15) is 0 Å². The minimum Gasteiger partial charge on any atom is -0.492 e. The highest BCUT2D eigenvalue weighted by molar-refractivity contribution is 5.19. The second-order valence-corrected chi connectivity index (χ2v) is 5.84. The molecule has 1 fully saturated rings. The first-order valence-corrected chi connectivity index (χ1v) is 7.55. The van der Waals surface area contributed by atoms with Gasteiger partial charge in [0.25, 0.3) is 0 Å². The summed E-state index contributed by atoms with van der Waals surface area (Å²) in [6.07, 6.45) is 8.63. The van der Waals surface area contributed by atoms with Crippen LogP contribution in [0, 0.1) is 5.92 Å². The number of nitrogens with one attached hydrogen (secondary N) is 1. The van der Waals surface area contributed by atoms with Crippen LogP contribution in [0.3, 0.4) is 0 Å². The maximum absolute atomic E-state index is 5.84. The molecule has 3 nitrogen and oxygen atoms in total. The summed E-state index contributed by atoms with van der Waals surface area (Å²) in [7, 11) is 0. The van der Waals surface area contributed by atoms with E-state index in [-0.39, 0.29) is 0 Å². The zero-order valence-electron chi connectivity index (χ0n) is 12.2. The molecule has 1 saturated carbocycles. The van der Waals surface area contributed by atoms with Gasteiger partial charge in [0.15, 0.2) is 0 Å². The lowest BCUT2D eigenvalue weighted by Gasteiger charge is -2.21. The van der Waals surface area contributed by atoms with Crippen LogP contribution in [0.1, 0.15) is 51.6 Å². The molecule has 1 heterocycles. The van der Waals surface area contributed by atoms with Gasteiger partial charge in [-0.2, -0.15) is 0 Å². The molecule has 0 unspecified atom stereocenters. The van der Waals surface area contributed by atoms with Gasteiger partial charge in [0.2, 0.25) is 0 Å². The Morgan fingerprint density at radius 1 is 1.26 bits per heavy atom. The lowest BCUT2D eigenvalue weighted by molar-refractivity contribution is 0.208. The van der Waals surface area contributed by atoms with Crippen LogP contribution in [0.15, 0.2) is 18.3 Å². The van der Waals surface area contributed by atoms with E-state index in [4.69, 9.17) is 4.74 Å². The average Bonchev–Trinajstić information content (AvgIpc) is 2.45. The molecule has 0 bridgehead atoms. The molecule has 1 aromatic rings. The second-order valence-electron chi connectivity index (χ2n) is 5.84. The van der Waals surface area contributed by atoms with Crippen LogP contribution >= 0.6 is 0 Å². The third kappa shape index (κ3) is 5.19. The van der Waals surface area contributed by atoms with Crippen LogP contribution in [-0.2, 0) is 6.54 Å². The van der Waals surface area contributed by atoms with Crippen molar-refractivity contribution in [3.63, 3.8) is 0 Å². The summed E-state index contributed by atoms with van der Waals surface area (Å²) in [4.78, 5) is 4.43. The molecule has 1 N–H and O–H groups in total. The average molecular weight is 262 g/mol. The van der Waals surface area contributed by atoms with Gasteiger partial charge in [-0.3, -0.25) is 4.98 Å². The van der Waals surface area contributed by atoms with Gasteiger partial charge in [-0.05, 0) is 30.9 Å². The van der Waals surface area contributed by atoms with Crippen molar-refractivity contribution in [2.45, 2.75) is 58.5 Å². The van der Waals surface area contributed by atoms with Crippen LogP contribution in [0.2, 0.25) is 0 Å². The topological polar surface area (TPSA) is 34.1 Å². The number of rotatable bonds is 6. The fourth-order valence-electron chi connectivity index (χ4n) is 2.48. The monoisotopic (exact) mass is 262 g/mol. The Labute approximate surface area is 116 Å². The van der Waals surface area contributed by atoms with Crippen molar-refractivity contribution < 1.29 is 4.74 Å². The first-order chi connectivity index (χ1) is 9.24. The third-order valence-corrected chi connectivity index (χ3v) is 3.70. The molecule has 0 spiro atoms. The molecular formula is C16H26N2O. The van der Waals surface area contributed by atoms with E-state index in [1.807, 2.05) is 18.3 Å². The summed E-state index contributed by atoms with van der Waals surface area (Å²) in [6, 6.07) is 4.57. The molecule has 1 aliphatic rings. The van der Waals surface area contributed by atoms with Crippen molar-refractivity contribution >= 4 is 0 Å². The van der Waals surface area contributed by atoms with Gasteiger partial charge in [-0.15, -0.1) is 0 Å². The molecule has 106 valence electrons. The summed E-state index contributed by atoms with van der Waals surface area (Å²) >= 11 is 0. The highest BCUT2D eigenvalue weighted by Gasteiger charge is 2.13. The predicted molar refractivity (Wildman–Crippen MR) is 78.3 cm³/mol. The van der Waals surface area contributed by atoms with E-state index in [1.54, 1.807) is 0 Å². The standard InChI is InChI=1S/C16H26N2O/c1-13(2)17-10-15-8-9-16(11-18-15)19-12-14-6-4-3-5-7-14/h8-9,11,13-14,17H,3-7,10,12H2,1-2H3. The summed E-state index contributed by atoms with van der Waals surface area (Å²) in [6.45, 7) is 5.95. The van der Waals surface area contributed by atoms with Crippen LogP contribution in [0.25, 0.3) is 0 Å². The lowest BCUT2D eigenvalue weighted by Crippen LogP contribution is -2.22. The smallest absolute Gasteiger partial charge is 0.137 e. The first-order valence-electron chi connectivity index (χ1n) is 7.55. The van der Waals surface area contributed by atoms with E-state index in [0.717, 1.165) is 30.5 Å². The molecule has 1 aromatic heterocycles. The molecule has 0 aliphatic heterocycles. The van der Waals surface area contributed by atoms with Crippen molar-refractivity contribution in [1.82, 2.24) is 10.3 Å². The van der Waals surface area contributed by atoms with Crippen LogP contribution in [0.5, 0.6) is 5.75 Å². The quantitative estimate of drug-likeness (QED) is 0.851. The first kappa shape index (κ1) is 14.3. The normalized spacial score (nSPS) is 16.8. The SMILES string of the molecule is CC(C)NCc1ccc(OCC2CCCCC2)cn1. The Hall–Kier alpha value is -1.09. The number of hydrogen-bond donors (Lipinski definition) is 1. The third-order valence-electron chi connectivity index (χ3n) is 3.70. The lowest BCUT2D eigenvalue weighted by atomic mass is 9.90. The van der Waals surface area contributed by atoms with Gasteiger partial charge in [-0.25, -0.2) is 0 Å². The van der Waals surface area contributed by atoms with E-state index in [1.165, 1.54) is 32.1 Å². The molecule has 0 amide bonds. The fraction of sp³-hybridized carbons (Fsp3) is 0.688. The molecule has 3 heteroatoms. The predicted octanol–water partition coefficient (Wildman–Crippen LogP) is 3.54. The van der Waals surface area contributed by atoms with Gasteiger partial charge in [0, 0.05) is 12.6 Å². The largest absolute Gasteiger partial charge is 0.492 e. The van der Waals surface area contributed by atoms with Gasteiger partial charge in [-0.1, -0.05) is 33.1 Å². The van der Waals surface area contributed by atoms with Crippen molar-refractivity contribution in [1.29, 1.82) is 0 Å². The van der Waals surface area contributed by atoms with Crippen LogP contribution in [-0.4, -0.2) is 17.6 Å². The molecule has 1 aliphatic carbocycles. The number of hydrogen-bond acceptors (Lipinski definition) is 3. The highest BCUT2D eigenvalue weighted by atomic mass is 16.5. The van der Waals surface area contributed by atoms with Crippen molar-refractivity contribution in [2.75, 3.05) is 6.61 Å². The summed E-state index contributed by atoms with van der Waals surface area (Å²) in [5, 5.41) is 3.36. The highest BCUT2D eigenvalue weighted by Crippen LogP contribution is 2.24. The molecule has 0 radical (unpaired) electrons. The molecule has 0 atom stereocenters. The van der Waals surface area contributed by atoms with E-state index < -0.39 is 0 Å². The van der Waals surface area contributed by atoms with Crippen molar-refractivity contribution in [3.8, 4) is 5.75 Å². The molecule has 19 heavy (non-hydrogen) atoms. The van der Waals surface area contributed by atoms with Gasteiger partial charge in [0.1, 0.15) is 5.75 Å². The Kier molecular flexibility index (Phi) is 5.64. The van der Waals surface area contributed by atoms with Gasteiger partial charge >= 0.3 is 0 Å². The number of pyridine rings is 1. The molecule has 0 saturated heterocycles. The van der Waals surface area contributed by atoms with Crippen LogP contribution in [0.4, 0.5) is 0 Å². The van der Waals surface area contributed by atoms with Crippen molar-refractivity contribution in [3.05, 3.63) is 24.0 Å². The minimum absolute atomic E-state index is 0.490. The Morgan fingerprint density at radius 2 is 2.05 bits per heavy atom. The van der Waals surface area contributed by atoms with Crippen molar-refractivity contribution in [2.24, 2.45) is 5.92 Å². The maximum atomic E-state index is 5.84. The summed E-state index contributed by atoms with van der Waals surface area (Å²) < 4.78 is 5.84. The number of nitrogens with zero attached hydrogens (tertiary/aromatic N) is 1. The van der Waals surface area contributed by atoms with Gasteiger partial charge < -0.3 is 10.1 Å². The summed E-state index contributed by atoms with van der Waals surface area (Å²) in [5.41, 5.74) is 1.07. The van der Waals surface area contributed by atoms with E-state index in [2.05, 4.69) is 24.1 Å². The van der Waals surface area contributed by atoms with E-state index in [0.29, 0.717) is 6.04 Å². The summed E-state index contributed by atoms with van der Waals surface area (Å²) in [5.74, 6) is 1.65. The fourth-order valence-corrected chi connectivity index (χ4v) is 2.48. The zero-order valence-corrected chi connectivity index (χ0v) is 12.2. The number of ether oxygens (including phenoxy) is 1.